The Morgan fingerprint density at radius 3 is 2.52 bits per heavy atom. The zero-order chi connectivity index (χ0) is 17.4. The molecule has 0 radical (unpaired) electrons. The van der Waals surface area contributed by atoms with Crippen LogP contribution in [0.3, 0.4) is 0 Å². The van der Waals surface area contributed by atoms with Gasteiger partial charge in [-0.15, -0.1) is 11.3 Å². The van der Waals surface area contributed by atoms with Gasteiger partial charge in [0.15, 0.2) is 5.13 Å². The second-order valence-corrected chi connectivity index (χ2v) is 7.96. The number of fused-ring (bicyclic) bond motifs is 2. The van der Waals surface area contributed by atoms with Crippen LogP contribution in [-0.2, 0) is 27.2 Å². The molecular formula is C18H21N3O3S. The van der Waals surface area contributed by atoms with E-state index in [9.17, 15) is 14.4 Å². The van der Waals surface area contributed by atoms with Gasteiger partial charge in [0.2, 0.25) is 17.7 Å². The molecule has 2 atom stereocenters. The molecule has 2 aliphatic carbocycles. The van der Waals surface area contributed by atoms with E-state index in [2.05, 4.69) is 10.3 Å². The molecule has 0 bridgehead atoms. The molecule has 0 unspecified atom stereocenters. The van der Waals surface area contributed by atoms with Crippen molar-refractivity contribution < 1.29 is 14.4 Å². The quantitative estimate of drug-likeness (QED) is 0.661. The molecule has 4 rings (SSSR count). The topological polar surface area (TPSA) is 79.4 Å². The maximum absolute atomic E-state index is 12.4. The van der Waals surface area contributed by atoms with Crippen LogP contribution in [0.1, 0.15) is 42.7 Å². The Morgan fingerprint density at radius 1 is 1.16 bits per heavy atom. The maximum Gasteiger partial charge on any atom is 0.233 e. The van der Waals surface area contributed by atoms with Crippen LogP contribution in [0.2, 0.25) is 0 Å². The van der Waals surface area contributed by atoms with E-state index < -0.39 is 0 Å². The number of amides is 3. The number of nitrogens with one attached hydrogen (secondary N) is 1. The highest BCUT2D eigenvalue weighted by Crippen LogP contribution is 2.35. The predicted octanol–water partition coefficient (Wildman–Crippen LogP) is 2.30. The Labute approximate surface area is 150 Å². The number of allylic oxidation sites excluding steroid dienone is 2. The number of rotatable bonds is 4. The molecule has 0 saturated carbocycles. The van der Waals surface area contributed by atoms with Crippen molar-refractivity contribution in [3.05, 3.63) is 22.7 Å². The highest BCUT2D eigenvalue weighted by Gasteiger charge is 2.46. The van der Waals surface area contributed by atoms with Crippen LogP contribution in [0.5, 0.6) is 0 Å². The van der Waals surface area contributed by atoms with E-state index in [1.165, 1.54) is 16.2 Å². The summed E-state index contributed by atoms with van der Waals surface area (Å²) in [5.41, 5.74) is 1.10. The monoisotopic (exact) mass is 359 g/mol. The second kappa shape index (κ2) is 6.71. The van der Waals surface area contributed by atoms with Gasteiger partial charge in [-0.25, -0.2) is 4.98 Å². The summed E-state index contributed by atoms with van der Waals surface area (Å²) in [5, 5.41) is 3.46. The van der Waals surface area contributed by atoms with E-state index in [0.717, 1.165) is 25.0 Å². The predicted molar refractivity (Wildman–Crippen MR) is 94.1 cm³/mol. The summed E-state index contributed by atoms with van der Waals surface area (Å²) in [4.78, 5) is 44.0. The first-order valence-electron chi connectivity index (χ1n) is 8.92. The summed E-state index contributed by atoms with van der Waals surface area (Å²) in [7, 11) is 0. The van der Waals surface area contributed by atoms with Crippen LogP contribution in [0.25, 0.3) is 0 Å². The fourth-order valence-corrected chi connectivity index (χ4v) is 4.96. The molecule has 0 aromatic carbocycles. The van der Waals surface area contributed by atoms with Crippen molar-refractivity contribution in [1.29, 1.82) is 0 Å². The lowest BCUT2D eigenvalue weighted by Crippen LogP contribution is -2.34. The van der Waals surface area contributed by atoms with Crippen molar-refractivity contribution in [2.45, 2.75) is 44.9 Å². The molecule has 6 nitrogen and oxygen atoms in total. The van der Waals surface area contributed by atoms with Gasteiger partial charge in [0, 0.05) is 17.8 Å². The average molecular weight is 359 g/mol. The number of hydrogen-bond acceptors (Lipinski definition) is 5. The number of imide groups is 1. The molecule has 1 aromatic heterocycles. The van der Waals surface area contributed by atoms with Crippen LogP contribution < -0.4 is 5.32 Å². The summed E-state index contributed by atoms with van der Waals surface area (Å²) >= 11 is 1.54. The van der Waals surface area contributed by atoms with E-state index >= 15 is 0 Å². The Bertz CT molecular complexity index is 705. The van der Waals surface area contributed by atoms with Crippen LogP contribution in [-0.4, -0.2) is 34.2 Å². The molecule has 3 amide bonds. The fourth-order valence-electron chi connectivity index (χ4n) is 3.89. The summed E-state index contributed by atoms with van der Waals surface area (Å²) in [6.07, 6.45) is 9.66. The summed E-state index contributed by atoms with van der Waals surface area (Å²) in [6.45, 7) is 0.154. The first-order chi connectivity index (χ1) is 12.1. The lowest BCUT2D eigenvalue weighted by atomic mass is 9.85. The first kappa shape index (κ1) is 16.4. The summed E-state index contributed by atoms with van der Waals surface area (Å²) < 4.78 is 0. The van der Waals surface area contributed by atoms with Gasteiger partial charge in [-0.1, -0.05) is 12.2 Å². The number of thiazole rings is 1. The molecule has 1 saturated heterocycles. The molecule has 1 fully saturated rings. The Balaban J connectivity index is 1.33. The SMILES string of the molecule is O=C(CCN1C(=O)[C@@H]2CC=CC[C@H]2C1=O)Nc1nc2c(s1)CCCC2. The second-order valence-electron chi connectivity index (χ2n) is 6.88. The minimum atomic E-state index is -0.230. The minimum absolute atomic E-state index is 0.120. The van der Waals surface area contributed by atoms with E-state index in [1.54, 1.807) is 11.3 Å². The number of carbonyl (C=O) groups is 3. The Kier molecular flexibility index (Phi) is 4.41. The van der Waals surface area contributed by atoms with Crippen LogP contribution >= 0.6 is 11.3 Å². The van der Waals surface area contributed by atoms with Crippen molar-refractivity contribution >= 4 is 34.2 Å². The first-order valence-corrected chi connectivity index (χ1v) is 9.74. The number of aryl methyl sites for hydroxylation is 2. The van der Waals surface area contributed by atoms with Gasteiger partial charge < -0.3 is 5.32 Å². The van der Waals surface area contributed by atoms with Crippen molar-refractivity contribution in [2.75, 3.05) is 11.9 Å². The largest absolute Gasteiger partial charge is 0.302 e. The smallest absolute Gasteiger partial charge is 0.233 e. The zero-order valence-electron chi connectivity index (χ0n) is 14.0. The van der Waals surface area contributed by atoms with Crippen LogP contribution in [0, 0.1) is 11.8 Å². The lowest BCUT2D eigenvalue weighted by molar-refractivity contribution is -0.140. The number of hydrogen-bond donors (Lipinski definition) is 1. The number of nitrogens with zero attached hydrogens (tertiary/aromatic N) is 2. The van der Waals surface area contributed by atoms with Gasteiger partial charge in [0.1, 0.15) is 0 Å². The number of aromatic nitrogens is 1. The van der Waals surface area contributed by atoms with Gasteiger partial charge in [-0.2, -0.15) is 0 Å². The number of anilines is 1. The van der Waals surface area contributed by atoms with E-state index in [0.29, 0.717) is 18.0 Å². The van der Waals surface area contributed by atoms with Crippen molar-refractivity contribution in [3.63, 3.8) is 0 Å². The molecule has 0 spiro atoms. The van der Waals surface area contributed by atoms with E-state index in [1.807, 2.05) is 12.2 Å². The third-order valence-electron chi connectivity index (χ3n) is 5.25. The third-order valence-corrected chi connectivity index (χ3v) is 6.33. The van der Waals surface area contributed by atoms with E-state index in [-0.39, 0.29) is 42.5 Å². The lowest BCUT2D eigenvalue weighted by Gasteiger charge is -2.14. The van der Waals surface area contributed by atoms with Gasteiger partial charge in [-0.3, -0.25) is 19.3 Å². The van der Waals surface area contributed by atoms with Crippen molar-refractivity contribution in [3.8, 4) is 0 Å². The zero-order valence-corrected chi connectivity index (χ0v) is 14.8. The van der Waals surface area contributed by atoms with Crippen LogP contribution in [0.4, 0.5) is 5.13 Å². The highest BCUT2D eigenvalue weighted by molar-refractivity contribution is 7.15. The van der Waals surface area contributed by atoms with Gasteiger partial charge in [0.05, 0.1) is 17.5 Å². The van der Waals surface area contributed by atoms with Crippen molar-refractivity contribution in [2.24, 2.45) is 11.8 Å². The van der Waals surface area contributed by atoms with Gasteiger partial charge in [0.25, 0.3) is 0 Å². The van der Waals surface area contributed by atoms with Crippen LogP contribution in [0.15, 0.2) is 12.2 Å². The van der Waals surface area contributed by atoms with E-state index in [4.69, 9.17) is 0 Å². The molecule has 7 heteroatoms. The molecule has 1 aromatic rings. The Hall–Kier alpha value is -2.02. The number of likely N-dealkylation sites (tertiary alicyclic amines) is 1. The Morgan fingerprint density at radius 2 is 1.84 bits per heavy atom. The average Bonchev–Trinajstić information content (AvgIpc) is 3.13. The summed E-state index contributed by atoms with van der Waals surface area (Å²) in [6, 6.07) is 0. The molecule has 1 N–H and O–H groups in total. The maximum atomic E-state index is 12.4. The molecule has 25 heavy (non-hydrogen) atoms. The molecule has 132 valence electrons. The van der Waals surface area contributed by atoms with Gasteiger partial charge >= 0.3 is 0 Å². The molecule has 2 heterocycles. The summed E-state index contributed by atoms with van der Waals surface area (Å²) in [5.74, 6) is -0.911. The molecular weight excluding hydrogens is 338 g/mol. The fraction of sp³-hybridized carbons (Fsp3) is 0.556. The van der Waals surface area contributed by atoms with Gasteiger partial charge in [-0.05, 0) is 38.5 Å². The highest BCUT2D eigenvalue weighted by atomic mass is 32.1. The molecule has 1 aliphatic heterocycles. The normalized spacial score (nSPS) is 25.0. The third kappa shape index (κ3) is 3.13. The standard InChI is InChI=1S/C18H21N3O3S/c22-15(20-18-19-13-7-3-4-8-14(13)25-18)9-10-21-16(23)11-5-1-2-6-12(11)17(21)24/h1-2,11-12H,3-10H2,(H,19,20,22)/t11-,12-/m1/s1. The number of carbonyl (C=O) groups excluding carboxylic acids is 3. The van der Waals surface area contributed by atoms with Crippen molar-refractivity contribution in [1.82, 2.24) is 9.88 Å². The minimum Gasteiger partial charge on any atom is -0.302 e. The molecule has 3 aliphatic rings.